The molecule has 5 heteroatoms. The minimum Gasteiger partial charge on any atom is -0.395 e. The number of hydrogen-bond donors (Lipinski definition) is 2. The fraction of sp³-hybridized carbons (Fsp3) is 0.467. The first kappa shape index (κ1) is 14.7. The van der Waals surface area contributed by atoms with Crippen molar-refractivity contribution in [3.05, 3.63) is 35.9 Å². The average Bonchev–Trinajstić information content (AvgIpc) is 3.23. The molecule has 1 aliphatic carbocycles. The third kappa shape index (κ3) is 4.75. The minimum atomic E-state index is -0.300. The highest BCUT2D eigenvalue weighted by atomic mass is 16.3. The Balaban J connectivity index is 1.77. The zero-order chi connectivity index (χ0) is 14.4. The van der Waals surface area contributed by atoms with Gasteiger partial charge in [0, 0.05) is 12.6 Å². The summed E-state index contributed by atoms with van der Waals surface area (Å²) in [5.74, 6) is -0.591. The van der Waals surface area contributed by atoms with E-state index in [0.717, 1.165) is 18.4 Å². The summed E-state index contributed by atoms with van der Waals surface area (Å²) in [7, 11) is 0. The highest BCUT2D eigenvalue weighted by molar-refractivity contribution is 5.96. The van der Waals surface area contributed by atoms with Gasteiger partial charge in [0.2, 0.25) is 11.8 Å². The summed E-state index contributed by atoms with van der Waals surface area (Å²) >= 11 is 0. The fourth-order valence-corrected chi connectivity index (χ4v) is 2.16. The van der Waals surface area contributed by atoms with Crippen LogP contribution in [-0.4, -0.2) is 47.6 Å². The van der Waals surface area contributed by atoms with Gasteiger partial charge < -0.3 is 5.11 Å². The van der Waals surface area contributed by atoms with Gasteiger partial charge in [-0.05, 0) is 18.4 Å². The molecular weight excluding hydrogens is 256 g/mol. The maximum Gasteiger partial charge on any atom is 0.240 e. The molecule has 0 aliphatic heterocycles. The van der Waals surface area contributed by atoms with Crippen LogP contribution in [-0.2, 0) is 16.0 Å². The standard InChI is InChI=1S/C15H20N2O3/c18-9-8-17(13-6-7-13)11-15(20)16-14(19)10-12-4-2-1-3-5-12/h1-5,13,18H,6-11H2,(H,16,19,20). The molecule has 1 aliphatic rings. The second kappa shape index (κ2) is 7.17. The van der Waals surface area contributed by atoms with E-state index in [0.29, 0.717) is 12.6 Å². The van der Waals surface area contributed by atoms with Crippen molar-refractivity contribution in [2.24, 2.45) is 0 Å². The third-order valence-electron chi connectivity index (χ3n) is 3.28. The van der Waals surface area contributed by atoms with Crippen LogP contribution in [0.1, 0.15) is 18.4 Å². The summed E-state index contributed by atoms with van der Waals surface area (Å²) in [4.78, 5) is 25.5. The van der Waals surface area contributed by atoms with Crippen LogP contribution in [0.2, 0.25) is 0 Å². The van der Waals surface area contributed by atoms with E-state index in [1.54, 1.807) is 0 Å². The van der Waals surface area contributed by atoms with Crippen LogP contribution in [0.25, 0.3) is 0 Å². The summed E-state index contributed by atoms with van der Waals surface area (Å²) in [5, 5.41) is 11.4. The molecule has 20 heavy (non-hydrogen) atoms. The summed E-state index contributed by atoms with van der Waals surface area (Å²) < 4.78 is 0. The molecule has 2 rings (SSSR count). The number of aliphatic hydroxyl groups is 1. The van der Waals surface area contributed by atoms with Gasteiger partial charge in [-0.1, -0.05) is 30.3 Å². The number of benzene rings is 1. The van der Waals surface area contributed by atoms with Crippen molar-refractivity contribution in [2.45, 2.75) is 25.3 Å². The van der Waals surface area contributed by atoms with Gasteiger partial charge in [-0.3, -0.25) is 19.8 Å². The zero-order valence-electron chi connectivity index (χ0n) is 11.4. The first-order chi connectivity index (χ1) is 9.69. The number of carbonyl (C=O) groups excluding carboxylic acids is 2. The molecule has 0 atom stereocenters. The van der Waals surface area contributed by atoms with Crippen molar-refractivity contribution < 1.29 is 14.7 Å². The van der Waals surface area contributed by atoms with Gasteiger partial charge in [0.25, 0.3) is 0 Å². The third-order valence-corrected chi connectivity index (χ3v) is 3.28. The van der Waals surface area contributed by atoms with E-state index in [4.69, 9.17) is 5.11 Å². The Labute approximate surface area is 118 Å². The first-order valence-corrected chi connectivity index (χ1v) is 6.90. The Kier molecular flexibility index (Phi) is 5.26. The molecule has 1 saturated carbocycles. The van der Waals surface area contributed by atoms with Crippen molar-refractivity contribution in [3.8, 4) is 0 Å². The zero-order valence-corrected chi connectivity index (χ0v) is 11.4. The lowest BCUT2D eigenvalue weighted by Crippen LogP contribution is -2.42. The van der Waals surface area contributed by atoms with Gasteiger partial charge in [0.05, 0.1) is 19.6 Å². The Morgan fingerprint density at radius 2 is 1.90 bits per heavy atom. The number of nitrogens with zero attached hydrogens (tertiary/aromatic N) is 1. The molecule has 0 heterocycles. The number of rotatable bonds is 7. The van der Waals surface area contributed by atoms with Crippen LogP contribution in [0.5, 0.6) is 0 Å². The van der Waals surface area contributed by atoms with E-state index in [9.17, 15) is 9.59 Å². The Hall–Kier alpha value is -1.72. The highest BCUT2D eigenvalue weighted by Crippen LogP contribution is 2.25. The second-order valence-electron chi connectivity index (χ2n) is 5.06. The maximum atomic E-state index is 11.8. The van der Waals surface area contributed by atoms with E-state index < -0.39 is 0 Å². The molecule has 0 radical (unpaired) electrons. The summed E-state index contributed by atoms with van der Waals surface area (Å²) in [6, 6.07) is 9.70. The van der Waals surface area contributed by atoms with Gasteiger partial charge in [-0.15, -0.1) is 0 Å². The van der Waals surface area contributed by atoms with Crippen LogP contribution in [0.3, 0.4) is 0 Å². The van der Waals surface area contributed by atoms with Crippen LogP contribution in [0, 0.1) is 0 Å². The van der Waals surface area contributed by atoms with E-state index in [2.05, 4.69) is 5.32 Å². The molecule has 5 nitrogen and oxygen atoms in total. The number of carbonyl (C=O) groups is 2. The lowest BCUT2D eigenvalue weighted by molar-refractivity contribution is -0.130. The normalized spacial score (nSPS) is 14.3. The minimum absolute atomic E-state index is 0.0295. The number of nitrogens with one attached hydrogen (secondary N) is 1. The van der Waals surface area contributed by atoms with E-state index in [1.807, 2.05) is 35.2 Å². The first-order valence-electron chi connectivity index (χ1n) is 6.90. The van der Waals surface area contributed by atoms with E-state index in [-0.39, 0.29) is 31.4 Å². The van der Waals surface area contributed by atoms with Crippen molar-refractivity contribution >= 4 is 11.8 Å². The maximum absolute atomic E-state index is 11.8. The predicted octanol–water partition coefficient (Wildman–Crippen LogP) is 0.329. The Morgan fingerprint density at radius 1 is 1.20 bits per heavy atom. The van der Waals surface area contributed by atoms with Gasteiger partial charge in [0.15, 0.2) is 0 Å². The molecule has 108 valence electrons. The van der Waals surface area contributed by atoms with E-state index in [1.165, 1.54) is 0 Å². The lowest BCUT2D eigenvalue weighted by Gasteiger charge is -2.19. The fourth-order valence-electron chi connectivity index (χ4n) is 2.16. The summed E-state index contributed by atoms with van der Waals surface area (Å²) in [6.07, 6.45) is 2.33. The van der Waals surface area contributed by atoms with Crippen LogP contribution in [0.4, 0.5) is 0 Å². The van der Waals surface area contributed by atoms with Crippen LogP contribution < -0.4 is 5.32 Å². The summed E-state index contributed by atoms with van der Waals surface area (Å²) in [6.45, 7) is 0.679. The molecule has 0 spiro atoms. The monoisotopic (exact) mass is 276 g/mol. The van der Waals surface area contributed by atoms with Crippen molar-refractivity contribution in [3.63, 3.8) is 0 Å². The van der Waals surface area contributed by atoms with E-state index >= 15 is 0 Å². The van der Waals surface area contributed by atoms with Gasteiger partial charge in [-0.25, -0.2) is 0 Å². The quantitative estimate of drug-likeness (QED) is 0.753. The highest BCUT2D eigenvalue weighted by Gasteiger charge is 2.29. The van der Waals surface area contributed by atoms with Crippen molar-refractivity contribution in [2.75, 3.05) is 19.7 Å². The van der Waals surface area contributed by atoms with Gasteiger partial charge in [-0.2, -0.15) is 0 Å². The van der Waals surface area contributed by atoms with Crippen molar-refractivity contribution in [1.82, 2.24) is 10.2 Å². The number of hydrogen-bond acceptors (Lipinski definition) is 4. The Bertz CT molecular complexity index is 457. The molecule has 1 aromatic carbocycles. The number of imide groups is 1. The SMILES string of the molecule is O=C(Cc1ccccc1)NC(=O)CN(CCO)C1CC1. The molecular formula is C15H20N2O3. The molecule has 2 amide bonds. The number of aliphatic hydroxyl groups excluding tert-OH is 1. The molecule has 0 saturated heterocycles. The second-order valence-corrected chi connectivity index (χ2v) is 5.06. The average molecular weight is 276 g/mol. The lowest BCUT2D eigenvalue weighted by atomic mass is 10.1. The number of amides is 2. The van der Waals surface area contributed by atoms with Gasteiger partial charge >= 0.3 is 0 Å². The molecule has 1 aromatic rings. The topological polar surface area (TPSA) is 69.6 Å². The largest absolute Gasteiger partial charge is 0.395 e. The van der Waals surface area contributed by atoms with Crippen molar-refractivity contribution in [1.29, 1.82) is 0 Å². The molecule has 0 bridgehead atoms. The molecule has 0 unspecified atom stereocenters. The molecule has 1 fully saturated rings. The molecule has 0 aromatic heterocycles. The van der Waals surface area contributed by atoms with Gasteiger partial charge in [0.1, 0.15) is 0 Å². The Morgan fingerprint density at radius 3 is 2.50 bits per heavy atom. The predicted molar refractivity (Wildman–Crippen MR) is 75.0 cm³/mol. The van der Waals surface area contributed by atoms with Crippen LogP contribution in [0.15, 0.2) is 30.3 Å². The molecule has 2 N–H and O–H groups in total. The smallest absolute Gasteiger partial charge is 0.240 e. The summed E-state index contributed by atoms with van der Waals surface area (Å²) in [5.41, 5.74) is 0.882. The van der Waals surface area contributed by atoms with Crippen LogP contribution >= 0.6 is 0 Å².